The first-order valence-corrected chi connectivity index (χ1v) is 8.58. The molecule has 0 heterocycles. The molecule has 122 valence electrons. The van der Waals surface area contributed by atoms with Gasteiger partial charge in [-0.25, -0.2) is 14.6 Å². The lowest BCUT2D eigenvalue weighted by Gasteiger charge is -2.19. The lowest BCUT2D eigenvalue weighted by Crippen LogP contribution is -2.29. The summed E-state index contributed by atoms with van der Waals surface area (Å²) in [6, 6.07) is 0. The van der Waals surface area contributed by atoms with Crippen LogP contribution in [-0.4, -0.2) is 30.3 Å². The molecule has 0 fully saturated rings. The largest absolute Gasteiger partial charge is 0.479 e. The number of hydrogen-bond acceptors (Lipinski definition) is 7. The van der Waals surface area contributed by atoms with Gasteiger partial charge in [0.2, 0.25) is 0 Å². The van der Waals surface area contributed by atoms with Gasteiger partial charge in [-0.3, -0.25) is 4.72 Å². The molecule has 0 radical (unpaired) electrons. The molecule has 0 saturated heterocycles. The maximum absolute atomic E-state index is 11.7. The molecule has 6 nitrogen and oxygen atoms in total. The summed E-state index contributed by atoms with van der Waals surface area (Å²) < 4.78 is 9.94. The fraction of sp³-hybridized carbons (Fsp3) is 0.615. The molecule has 0 atom stereocenters. The summed E-state index contributed by atoms with van der Waals surface area (Å²) in [5.41, 5.74) is 3.47. The van der Waals surface area contributed by atoms with E-state index in [1.54, 1.807) is 7.05 Å². The van der Waals surface area contributed by atoms with Crippen molar-refractivity contribution in [3.05, 3.63) is 23.1 Å². The normalized spacial score (nSPS) is 9.57. The fourth-order valence-electron chi connectivity index (χ4n) is 0.948. The minimum atomic E-state index is -0.538. The lowest BCUT2D eigenvalue weighted by molar-refractivity contribution is 0.0972. The Morgan fingerprint density at radius 1 is 1.38 bits per heavy atom. The van der Waals surface area contributed by atoms with E-state index in [1.807, 2.05) is 20.1 Å². The summed E-state index contributed by atoms with van der Waals surface area (Å²) in [6.45, 7) is 10.3. The molecule has 0 saturated carbocycles. The van der Waals surface area contributed by atoms with Crippen molar-refractivity contribution in [2.24, 2.45) is 0 Å². The number of hydroxylamine groups is 1. The van der Waals surface area contributed by atoms with Crippen LogP contribution in [0.1, 0.15) is 33.6 Å². The highest BCUT2D eigenvalue weighted by Gasteiger charge is 2.13. The second kappa shape index (κ2) is 11.5. The molecule has 0 unspecified atom stereocenters. The number of carbonyl (C=O) groups is 1. The number of hydrogen-bond donors (Lipinski definition) is 2. The van der Waals surface area contributed by atoms with Crippen LogP contribution in [0, 0.1) is 0 Å². The number of thioether (sulfide) groups is 1. The van der Waals surface area contributed by atoms with Crippen molar-refractivity contribution in [2.45, 2.75) is 33.6 Å². The van der Waals surface area contributed by atoms with E-state index in [-0.39, 0.29) is 0 Å². The molecule has 0 bridgehead atoms. The lowest BCUT2D eigenvalue weighted by atomic mass is 10.3. The van der Waals surface area contributed by atoms with Gasteiger partial charge in [0.1, 0.15) is 0 Å². The molecule has 0 spiro atoms. The fourth-order valence-corrected chi connectivity index (χ4v) is 1.67. The van der Waals surface area contributed by atoms with E-state index in [4.69, 9.17) is 9.57 Å². The molecule has 0 aliphatic heterocycles. The topological polar surface area (TPSA) is 62.8 Å². The van der Waals surface area contributed by atoms with Gasteiger partial charge in [0, 0.05) is 7.05 Å². The van der Waals surface area contributed by atoms with E-state index in [1.165, 1.54) is 16.1 Å². The monoisotopic (exact) mass is 335 g/mol. The summed E-state index contributed by atoms with van der Waals surface area (Å²) in [7, 11) is 1.60. The van der Waals surface area contributed by atoms with E-state index in [9.17, 15) is 4.79 Å². The van der Waals surface area contributed by atoms with Crippen molar-refractivity contribution in [1.29, 1.82) is 0 Å². The molecular weight excluding hydrogens is 310 g/mol. The van der Waals surface area contributed by atoms with Gasteiger partial charge in [-0.05, 0) is 32.1 Å². The van der Waals surface area contributed by atoms with Crippen LogP contribution in [0.2, 0.25) is 0 Å². The van der Waals surface area contributed by atoms with Crippen molar-refractivity contribution in [2.75, 3.05) is 19.9 Å². The van der Waals surface area contributed by atoms with Crippen LogP contribution in [0.5, 0.6) is 0 Å². The minimum absolute atomic E-state index is 0.538. The van der Waals surface area contributed by atoms with Crippen LogP contribution in [-0.2, 0) is 9.57 Å². The number of rotatable bonds is 10. The second-order valence-electron chi connectivity index (χ2n) is 4.32. The Kier molecular flexibility index (Phi) is 10.9. The first-order chi connectivity index (χ1) is 9.92. The van der Waals surface area contributed by atoms with E-state index in [2.05, 4.69) is 23.7 Å². The number of nitrogens with zero attached hydrogens (tertiary/aromatic N) is 1. The van der Waals surface area contributed by atoms with Gasteiger partial charge in [0.05, 0.1) is 23.8 Å². The summed E-state index contributed by atoms with van der Waals surface area (Å²) in [4.78, 5) is 16.5. The van der Waals surface area contributed by atoms with Gasteiger partial charge in [-0.15, -0.1) is 11.8 Å². The van der Waals surface area contributed by atoms with Crippen LogP contribution >= 0.6 is 23.9 Å². The zero-order chi connectivity index (χ0) is 16.3. The molecule has 0 rings (SSSR count). The summed E-state index contributed by atoms with van der Waals surface area (Å²) in [5.74, 6) is 0.662. The number of amides is 1. The predicted octanol–water partition coefficient (Wildman–Crippen LogP) is 3.61. The standard InChI is InChI=1S/C13H25N3O3S2/c1-7-8-9-18-12(10(2)3)15-21-16(5)13(17)19-14-11(4)20-6/h14-15H,4,7-9H2,1-3,5-6H3. The second-order valence-corrected chi connectivity index (χ2v) is 6.15. The number of ether oxygens (including phenoxy) is 1. The van der Waals surface area contributed by atoms with E-state index < -0.39 is 6.09 Å². The molecule has 21 heavy (non-hydrogen) atoms. The molecule has 8 heteroatoms. The van der Waals surface area contributed by atoms with E-state index in [0.29, 0.717) is 17.5 Å². The highest BCUT2D eigenvalue weighted by molar-refractivity contribution is 8.02. The summed E-state index contributed by atoms with van der Waals surface area (Å²) in [6.07, 6.45) is 3.35. The summed E-state index contributed by atoms with van der Waals surface area (Å²) in [5, 5.41) is 0.558. The Morgan fingerprint density at radius 2 is 2.05 bits per heavy atom. The maximum atomic E-state index is 11.7. The molecule has 0 aliphatic carbocycles. The number of unbranched alkanes of at least 4 members (excludes halogenated alkanes) is 1. The first-order valence-electron chi connectivity index (χ1n) is 6.59. The number of carbonyl (C=O) groups excluding carboxylic acids is 1. The average molecular weight is 335 g/mol. The van der Waals surface area contributed by atoms with Gasteiger partial charge in [-0.2, -0.15) is 0 Å². The van der Waals surface area contributed by atoms with Crippen molar-refractivity contribution in [3.63, 3.8) is 0 Å². The Labute approximate surface area is 135 Å². The SMILES string of the molecule is C=C(NOC(=O)N(C)SNC(OCCCC)=C(C)C)SC. The zero-order valence-electron chi connectivity index (χ0n) is 13.3. The highest BCUT2D eigenvalue weighted by Crippen LogP contribution is 2.12. The zero-order valence-corrected chi connectivity index (χ0v) is 14.9. The van der Waals surface area contributed by atoms with Crippen molar-refractivity contribution in [3.8, 4) is 0 Å². The van der Waals surface area contributed by atoms with Gasteiger partial charge in [0.25, 0.3) is 0 Å². The third kappa shape index (κ3) is 9.41. The van der Waals surface area contributed by atoms with Crippen LogP contribution in [0.3, 0.4) is 0 Å². The number of allylic oxidation sites excluding steroid dienone is 1. The molecule has 0 aromatic heterocycles. The first kappa shape index (κ1) is 19.9. The third-order valence-corrected chi connectivity index (χ3v) is 3.51. The van der Waals surface area contributed by atoms with Crippen molar-refractivity contribution >= 4 is 30.0 Å². The molecule has 1 amide bonds. The Hall–Kier alpha value is -1.15. The van der Waals surface area contributed by atoms with E-state index >= 15 is 0 Å². The van der Waals surface area contributed by atoms with Crippen LogP contribution < -0.4 is 10.2 Å². The van der Waals surface area contributed by atoms with Crippen molar-refractivity contribution in [1.82, 2.24) is 14.5 Å². The highest BCUT2D eigenvalue weighted by atomic mass is 32.2. The van der Waals surface area contributed by atoms with Crippen LogP contribution in [0.25, 0.3) is 0 Å². The van der Waals surface area contributed by atoms with Crippen LogP contribution in [0.4, 0.5) is 4.79 Å². The quantitative estimate of drug-likeness (QED) is 0.274. The molecule has 0 aromatic rings. The minimum Gasteiger partial charge on any atom is -0.479 e. The van der Waals surface area contributed by atoms with E-state index in [0.717, 1.165) is 30.5 Å². The van der Waals surface area contributed by atoms with Crippen LogP contribution in [0.15, 0.2) is 23.1 Å². The molecule has 2 N–H and O–H groups in total. The van der Waals surface area contributed by atoms with Crippen molar-refractivity contribution < 1.29 is 14.4 Å². The van der Waals surface area contributed by atoms with Gasteiger partial charge >= 0.3 is 6.09 Å². The maximum Gasteiger partial charge on any atom is 0.445 e. The third-order valence-electron chi connectivity index (χ3n) is 2.23. The average Bonchev–Trinajstić information content (AvgIpc) is 2.46. The Morgan fingerprint density at radius 3 is 2.57 bits per heavy atom. The molecule has 0 aromatic carbocycles. The molecule has 0 aliphatic rings. The molecular formula is C13H25N3O3S2. The smallest absolute Gasteiger partial charge is 0.445 e. The number of nitrogens with one attached hydrogen (secondary N) is 2. The predicted molar refractivity (Wildman–Crippen MR) is 90.0 cm³/mol. The van der Waals surface area contributed by atoms with Gasteiger partial charge in [-0.1, -0.05) is 19.9 Å². The Bertz CT molecular complexity index is 372. The Balaban J connectivity index is 4.18. The summed E-state index contributed by atoms with van der Waals surface area (Å²) >= 11 is 2.45. The van der Waals surface area contributed by atoms with Gasteiger partial charge < -0.3 is 9.57 Å². The van der Waals surface area contributed by atoms with Gasteiger partial charge in [0.15, 0.2) is 5.88 Å².